The number of hydrogen-bond donors (Lipinski definition) is 6. The Morgan fingerprint density at radius 1 is 0.568 bits per heavy atom. The standard InChI is InChI=1S/C54H74N10O8S2/c1-29(55-7)45(65)57-37-17-23-73-39-27-53(3,4)43(63(39)51(37)71)47(67)59-41-33-15-11-9-13-31(33)25-35(41)49(69)61-19-21-62(22-20-61)50(70)36-26-32-14-10-12-16-34(32)42(36)60-48(68)44-54(5,6)28-40-64(44)52(72)38(18-24-74-40)58-46(66)30(2)56-8/h9-16,29-30,35-44,55-56H,17-28H2,1-8H3,(H,57,65)(H,58,66)(H,59,67)(H,60,68)/t29-,30-,35+,36+,37-,38-,39-,40-,41-,42-,43+,44+/m0/s1. The van der Waals surface area contributed by atoms with Crippen LogP contribution in [0.4, 0.5) is 0 Å². The zero-order chi connectivity index (χ0) is 53.0. The van der Waals surface area contributed by atoms with Gasteiger partial charge >= 0.3 is 0 Å². The fourth-order valence-corrected chi connectivity index (χ4v) is 15.8. The summed E-state index contributed by atoms with van der Waals surface area (Å²) in [7, 11) is 3.37. The number of likely N-dealkylation sites (N-methyl/N-ethyl adjacent to an activating group) is 2. The third kappa shape index (κ3) is 10.2. The van der Waals surface area contributed by atoms with Crippen LogP contribution in [0.1, 0.15) is 102 Å². The first-order valence-electron chi connectivity index (χ1n) is 26.4. The summed E-state index contributed by atoms with van der Waals surface area (Å²) in [4.78, 5) is 121. The highest BCUT2D eigenvalue weighted by molar-refractivity contribution is 8.00. The van der Waals surface area contributed by atoms with E-state index in [0.29, 0.717) is 50.0 Å². The molecule has 5 heterocycles. The SMILES string of the molecule is CN[C@@H](C)C(=O)N[C@H]1CCS[C@H]2CC(C)(C)[C@@H](C(=O)N[C@H]3c4ccccc4C[C@H]3C(=O)N3CCN(C(=O)[C@@H]4Cc5ccccc5[C@@H]4NC(=O)[C@H]4N5C(=O)[C@@H](NC(=O)[C@H](C)NC)CCS[C@H]5CC4(C)C)CC3)N2C1=O. The first-order chi connectivity index (χ1) is 35.2. The Hall–Kier alpha value is -5.18. The fourth-order valence-electron chi connectivity index (χ4n) is 12.6. The molecule has 0 radical (unpaired) electrons. The predicted octanol–water partition coefficient (Wildman–Crippen LogP) is 2.08. The molecule has 0 bridgehead atoms. The number of amides is 8. The van der Waals surface area contributed by atoms with Crippen molar-refractivity contribution in [3.8, 4) is 0 Å². The number of nitrogens with one attached hydrogen (secondary N) is 6. The molecule has 5 aliphatic heterocycles. The lowest BCUT2D eigenvalue weighted by molar-refractivity contribution is -0.147. The van der Waals surface area contributed by atoms with E-state index in [0.717, 1.165) is 22.3 Å². The van der Waals surface area contributed by atoms with Gasteiger partial charge in [-0.25, -0.2) is 0 Å². The molecule has 18 nitrogen and oxygen atoms in total. The molecule has 20 heteroatoms. The van der Waals surface area contributed by atoms with Gasteiger partial charge in [-0.2, -0.15) is 0 Å². The van der Waals surface area contributed by atoms with Crippen LogP contribution in [0.25, 0.3) is 0 Å². The summed E-state index contributed by atoms with van der Waals surface area (Å²) in [5.74, 6) is -1.99. The lowest BCUT2D eigenvalue weighted by Crippen LogP contribution is -2.59. The number of rotatable bonds is 12. The number of carbonyl (C=O) groups is 8. The Labute approximate surface area is 443 Å². The zero-order valence-corrected chi connectivity index (χ0v) is 45.5. The van der Waals surface area contributed by atoms with E-state index in [1.54, 1.807) is 71.1 Å². The Morgan fingerprint density at radius 2 is 0.932 bits per heavy atom. The van der Waals surface area contributed by atoms with Crippen LogP contribution in [-0.4, -0.2) is 166 Å². The normalized spacial score (nSPS) is 30.7. The Kier molecular flexibility index (Phi) is 15.5. The summed E-state index contributed by atoms with van der Waals surface area (Å²) in [5.41, 5.74) is 2.45. The molecule has 74 heavy (non-hydrogen) atoms. The Balaban J connectivity index is 0.880. The smallest absolute Gasteiger partial charge is 0.246 e. The topological polar surface area (TPSA) is 222 Å². The first kappa shape index (κ1) is 53.6. The molecule has 5 fully saturated rings. The van der Waals surface area contributed by atoms with Crippen molar-refractivity contribution in [3.63, 3.8) is 0 Å². The number of piperazine rings is 1. The van der Waals surface area contributed by atoms with E-state index in [-0.39, 0.29) is 84.2 Å². The van der Waals surface area contributed by atoms with Crippen LogP contribution in [-0.2, 0) is 51.2 Å². The molecule has 2 aromatic carbocycles. The molecule has 8 amide bonds. The molecule has 7 aliphatic rings. The van der Waals surface area contributed by atoms with Gasteiger partial charge in [0, 0.05) is 26.2 Å². The number of benzene rings is 2. The number of nitrogens with zero attached hydrogens (tertiary/aromatic N) is 4. The molecular formula is C54H74N10O8S2. The molecule has 0 saturated carbocycles. The minimum absolute atomic E-state index is 0.125. The average molecular weight is 1060 g/mol. The van der Waals surface area contributed by atoms with Gasteiger partial charge in [-0.15, -0.1) is 23.5 Å². The Morgan fingerprint density at radius 3 is 1.30 bits per heavy atom. The number of hydrogen-bond acceptors (Lipinski definition) is 12. The third-order valence-electron chi connectivity index (χ3n) is 17.0. The monoisotopic (exact) mass is 1050 g/mol. The van der Waals surface area contributed by atoms with E-state index in [4.69, 9.17) is 0 Å². The molecule has 0 spiro atoms. The summed E-state index contributed by atoms with van der Waals surface area (Å²) in [6.07, 6.45) is 2.93. The summed E-state index contributed by atoms with van der Waals surface area (Å²) < 4.78 is 0. The lowest BCUT2D eigenvalue weighted by Gasteiger charge is -2.39. The number of carbonyl (C=O) groups excluding carboxylic acids is 8. The quantitative estimate of drug-likeness (QED) is 0.180. The van der Waals surface area contributed by atoms with Crippen LogP contribution in [0.2, 0.25) is 0 Å². The second kappa shape index (κ2) is 21.4. The van der Waals surface area contributed by atoms with Crippen molar-refractivity contribution in [3.05, 3.63) is 70.8 Å². The zero-order valence-electron chi connectivity index (χ0n) is 43.9. The molecule has 2 aromatic rings. The molecule has 5 saturated heterocycles. The van der Waals surface area contributed by atoms with Crippen LogP contribution < -0.4 is 31.9 Å². The lowest BCUT2D eigenvalue weighted by atomic mass is 9.83. The summed E-state index contributed by atoms with van der Waals surface area (Å²) in [6, 6.07) is 10.0. The van der Waals surface area contributed by atoms with Gasteiger partial charge in [0.05, 0.1) is 46.8 Å². The number of thioether (sulfide) groups is 2. The van der Waals surface area contributed by atoms with Crippen molar-refractivity contribution in [2.75, 3.05) is 51.8 Å². The van der Waals surface area contributed by atoms with Crippen LogP contribution in [0.15, 0.2) is 48.5 Å². The highest BCUT2D eigenvalue weighted by Gasteiger charge is 2.57. The van der Waals surface area contributed by atoms with Crippen LogP contribution in [0.3, 0.4) is 0 Å². The highest BCUT2D eigenvalue weighted by Crippen LogP contribution is 2.49. The fraction of sp³-hybridized carbons (Fsp3) is 0.630. The molecule has 2 aliphatic carbocycles. The number of fused-ring (bicyclic) bond motifs is 4. The van der Waals surface area contributed by atoms with E-state index >= 15 is 0 Å². The maximum atomic E-state index is 14.8. The molecule has 12 atom stereocenters. The van der Waals surface area contributed by atoms with Gasteiger partial charge in [-0.05, 0) is 111 Å². The van der Waals surface area contributed by atoms with Gasteiger partial charge in [0.25, 0.3) is 0 Å². The minimum Gasteiger partial charge on any atom is -0.347 e. The van der Waals surface area contributed by atoms with E-state index in [1.165, 1.54) is 0 Å². The van der Waals surface area contributed by atoms with Gasteiger partial charge in [0.1, 0.15) is 24.2 Å². The molecule has 400 valence electrons. The van der Waals surface area contributed by atoms with Crippen molar-refractivity contribution < 1.29 is 38.4 Å². The summed E-state index contributed by atoms with van der Waals surface area (Å²) >= 11 is 3.26. The van der Waals surface area contributed by atoms with Crippen LogP contribution >= 0.6 is 23.5 Å². The second-order valence-electron chi connectivity index (χ2n) is 22.7. The predicted molar refractivity (Wildman–Crippen MR) is 283 cm³/mol. The van der Waals surface area contributed by atoms with Crippen molar-refractivity contribution in [1.29, 1.82) is 0 Å². The third-order valence-corrected chi connectivity index (χ3v) is 19.5. The van der Waals surface area contributed by atoms with E-state index in [1.807, 2.05) is 76.2 Å². The van der Waals surface area contributed by atoms with Crippen molar-refractivity contribution in [2.45, 2.75) is 139 Å². The maximum Gasteiger partial charge on any atom is 0.246 e. The Bertz CT molecular complexity index is 2380. The largest absolute Gasteiger partial charge is 0.347 e. The average Bonchev–Trinajstić information content (AvgIpc) is 4.04. The van der Waals surface area contributed by atoms with E-state index < -0.39 is 71.0 Å². The minimum atomic E-state index is -0.837. The second-order valence-corrected chi connectivity index (χ2v) is 25.3. The molecular weight excluding hydrogens is 981 g/mol. The molecule has 0 aromatic heterocycles. The van der Waals surface area contributed by atoms with E-state index in [2.05, 4.69) is 31.9 Å². The van der Waals surface area contributed by atoms with Crippen molar-refractivity contribution in [1.82, 2.24) is 51.5 Å². The van der Waals surface area contributed by atoms with Gasteiger partial charge in [0.15, 0.2) is 0 Å². The molecule has 0 unspecified atom stereocenters. The first-order valence-corrected chi connectivity index (χ1v) is 28.5. The summed E-state index contributed by atoms with van der Waals surface area (Å²) in [6.45, 7) is 12.6. The van der Waals surface area contributed by atoms with Gasteiger partial charge < -0.3 is 51.5 Å². The highest BCUT2D eigenvalue weighted by atomic mass is 32.2. The van der Waals surface area contributed by atoms with Gasteiger partial charge in [-0.1, -0.05) is 76.2 Å². The van der Waals surface area contributed by atoms with Crippen LogP contribution in [0.5, 0.6) is 0 Å². The molecule has 9 rings (SSSR count). The van der Waals surface area contributed by atoms with Crippen LogP contribution in [0, 0.1) is 22.7 Å². The van der Waals surface area contributed by atoms with Gasteiger partial charge in [-0.3, -0.25) is 38.4 Å². The van der Waals surface area contributed by atoms with Crippen molar-refractivity contribution >= 4 is 70.8 Å². The maximum absolute atomic E-state index is 14.8. The van der Waals surface area contributed by atoms with Gasteiger partial charge in [0.2, 0.25) is 47.3 Å². The molecule has 6 N–H and O–H groups in total. The van der Waals surface area contributed by atoms with Crippen molar-refractivity contribution in [2.24, 2.45) is 22.7 Å². The van der Waals surface area contributed by atoms with E-state index in [9.17, 15) is 38.4 Å². The summed E-state index contributed by atoms with van der Waals surface area (Å²) in [5, 5.41) is 17.8.